The lowest BCUT2D eigenvalue weighted by Crippen LogP contribution is -2.32. The third kappa shape index (κ3) is 10.9. The molecule has 1 heterocycles. The summed E-state index contributed by atoms with van der Waals surface area (Å²) >= 11 is 0. The molecule has 0 saturated carbocycles. The van der Waals surface area contributed by atoms with E-state index in [0.717, 1.165) is 22.6 Å². The van der Waals surface area contributed by atoms with Gasteiger partial charge in [0.1, 0.15) is 5.75 Å². The van der Waals surface area contributed by atoms with Crippen LogP contribution < -0.4 is 10.5 Å². The van der Waals surface area contributed by atoms with Gasteiger partial charge in [0.25, 0.3) is 0 Å². The lowest BCUT2D eigenvalue weighted by atomic mass is 10.1. The molecule has 0 radical (unpaired) electrons. The summed E-state index contributed by atoms with van der Waals surface area (Å²) in [6.45, 7) is 16.6. The highest BCUT2D eigenvalue weighted by Crippen LogP contribution is 2.22. The molecule has 1 aliphatic rings. The highest BCUT2D eigenvalue weighted by molar-refractivity contribution is 5.90. The average molecular weight is 492 g/mol. The molecule has 7 nitrogen and oxygen atoms in total. The highest BCUT2D eigenvalue weighted by Gasteiger charge is 2.21. The van der Waals surface area contributed by atoms with E-state index in [2.05, 4.69) is 18.2 Å². The summed E-state index contributed by atoms with van der Waals surface area (Å²) in [6, 6.07) is 8.98. The van der Waals surface area contributed by atoms with E-state index in [-0.39, 0.29) is 5.97 Å². The number of hydrogen-bond acceptors (Lipinski definition) is 7. The molecule has 2 N–H and O–H groups in total. The van der Waals surface area contributed by atoms with E-state index in [0.29, 0.717) is 36.7 Å². The second-order valence-electron chi connectivity index (χ2n) is 7.90. The maximum Gasteiger partial charge on any atom is 0.309 e. The number of hydrogen-bond donors (Lipinski definition) is 1. The zero-order valence-corrected chi connectivity index (χ0v) is 21.9. The van der Waals surface area contributed by atoms with Crippen LogP contribution in [0.5, 0.6) is 5.75 Å². The Balaban J connectivity index is 0.000000537. The van der Waals surface area contributed by atoms with Crippen molar-refractivity contribution in [3.05, 3.63) is 102 Å². The average Bonchev–Trinajstić information content (AvgIpc) is 2.84. The second kappa shape index (κ2) is 15.7. The van der Waals surface area contributed by atoms with Crippen LogP contribution >= 0.6 is 0 Å². The summed E-state index contributed by atoms with van der Waals surface area (Å²) in [4.78, 5) is 28.4. The number of nitrogens with two attached hydrogens (primary N) is 1. The van der Waals surface area contributed by atoms with Crippen molar-refractivity contribution in [2.24, 2.45) is 10.7 Å². The summed E-state index contributed by atoms with van der Waals surface area (Å²) in [7, 11) is 0. The number of esters is 2. The third-order valence-corrected chi connectivity index (χ3v) is 4.88. The molecule has 0 atom stereocenters. The predicted octanol–water partition coefficient (Wildman–Crippen LogP) is 5.95. The smallest absolute Gasteiger partial charge is 0.309 e. The molecule has 0 spiro atoms. The van der Waals surface area contributed by atoms with Gasteiger partial charge in [0.15, 0.2) is 0 Å². The van der Waals surface area contributed by atoms with E-state index in [1.54, 1.807) is 18.2 Å². The molecule has 0 saturated heterocycles. The third-order valence-electron chi connectivity index (χ3n) is 4.88. The van der Waals surface area contributed by atoms with Crippen LogP contribution in [0.4, 0.5) is 0 Å². The van der Waals surface area contributed by atoms with E-state index in [1.165, 1.54) is 13.8 Å². The number of allylic oxidation sites excluding steroid dienone is 7. The second-order valence-corrected chi connectivity index (χ2v) is 7.90. The van der Waals surface area contributed by atoms with Gasteiger partial charge in [-0.15, -0.1) is 0 Å². The Morgan fingerprint density at radius 3 is 2.17 bits per heavy atom. The van der Waals surface area contributed by atoms with Crippen molar-refractivity contribution in [2.45, 2.75) is 47.5 Å². The SMILES string of the molecule is C=C/C(=C\C)CC1=NC(C)=CN(/C(OC(C)=O)=C(\N)C/C(C=C)=C/C)C1.CC(=O)Oc1ccccc1. The molecular formula is C29H37N3O4. The minimum atomic E-state index is -0.418. The van der Waals surface area contributed by atoms with Crippen molar-refractivity contribution in [3.8, 4) is 5.75 Å². The van der Waals surface area contributed by atoms with Crippen LogP contribution in [0.1, 0.15) is 47.5 Å². The molecule has 1 aliphatic heterocycles. The quantitative estimate of drug-likeness (QED) is 0.198. The summed E-state index contributed by atoms with van der Waals surface area (Å²) in [5.74, 6) is 0.228. The molecule has 0 bridgehead atoms. The van der Waals surface area contributed by atoms with Gasteiger partial charge in [-0.1, -0.05) is 55.7 Å². The number of carbonyl (C=O) groups excluding carboxylic acids is 2. The van der Waals surface area contributed by atoms with Gasteiger partial charge >= 0.3 is 11.9 Å². The maximum absolute atomic E-state index is 11.6. The van der Waals surface area contributed by atoms with Gasteiger partial charge in [0.05, 0.1) is 17.9 Å². The van der Waals surface area contributed by atoms with Gasteiger partial charge in [0, 0.05) is 38.6 Å². The fourth-order valence-electron chi connectivity index (χ4n) is 3.22. The number of benzene rings is 1. The van der Waals surface area contributed by atoms with E-state index in [1.807, 2.05) is 68.3 Å². The maximum atomic E-state index is 11.6. The Morgan fingerprint density at radius 2 is 1.67 bits per heavy atom. The number of rotatable bonds is 9. The van der Waals surface area contributed by atoms with Crippen molar-refractivity contribution < 1.29 is 19.1 Å². The molecular weight excluding hydrogens is 454 g/mol. The largest absolute Gasteiger partial charge is 0.427 e. The van der Waals surface area contributed by atoms with Gasteiger partial charge in [-0.05, 0) is 44.1 Å². The van der Waals surface area contributed by atoms with Gasteiger partial charge < -0.3 is 20.1 Å². The standard InChI is InChI=1S/C21H29N3O2.C8H8O2/c1-7-17(8-2)11-19-14-24(13-15(5)23-19)21(26-16(6)25)20(22)12-18(9-3)10-4;1-7(9)10-8-5-3-2-4-6-8/h7-10,13H,1,3,11-12,14,22H2,2,4-6H3;2-6H,1H3/b17-8+,18-10+,21-20+;. The van der Waals surface area contributed by atoms with Crippen LogP contribution in [0.2, 0.25) is 0 Å². The molecule has 0 fully saturated rings. The minimum Gasteiger partial charge on any atom is -0.427 e. The minimum absolute atomic E-state index is 0.286. The van der Waals surface area contributed by atoms with Crippen LogP contribution in [-0.4, -0.2) is 29.1 Å². The van der Waals surface area contributed by atoms with Crippen LogP contribution in [-0.2, 0) is 14.3 Å². The van der Waals surface area contributed by atoms with E-state index in [9.17, 15) is 9.59 Å². The normalized spacial score (nSPS) is 14.3. The summed E-state index contributed by atoms with van der Waals surface area (Å²) in [6.07, 6.45) is 10.5. The van der Waals surface area contributed by atoms with Crippen LogP contribution in [0, 0.1) is 0 Å². The fourth-order valence-corrected chi connectivity index (χ4v) is 3.22. The number of aliphatic imine (C=N–C) groups is 1. The van der Waals surface area contributed by atoms with Crippen molar-refractivity contribution in [2.75, 3.05) is 6.54 Å². The van der Waals surface area contributed by atoms with Gasteiger partial charge in [-0.3, -0.25) is 14.6 Å². The summed E-state index contributed by atoms with van der Waals surface area (Å²) in [5, 5.41) is 0. The predicted molar refractivity (Wildman–Crippen MR) is 146 cm³/mol. The van der Waals surface area contributed by atoms with Crippen molar-refractivity contribution in [1.82, 2.24) is 4.90 Å². The fraction of sp³-hybridized carbons (Fsp3) is 0.276. The molecule has 0 amide bonds. The molecule has 1 aromatic carbocycles. The summed E-state index contributed by atoms with van der Waals surface area (Å²) in [5.41, 5.74) is 10.6. The molecule has 0 aromatic heterocycles. The first-order valence-electron chi connectivity index (χ1n) is 11.6. The van der Waals surface area contributed by atoms with Gasteiger partial charge in [-0.2, -0.15) is 0 Å². The van der Waals surface area contributed by atoms with Gasteiger partial charge in [0.2, 0.25) is 5.88 Å². The Bertz CT molecular complexity index is 1090. The molecule has 1 aromatic rings. The lowest BCUT2D eigenvalue weighted by molar-refractivity contribution is -0.139. The van der Waals surface area contributed by atoms with Crippen LogP contribution in [0.3, 0.4) is 0 Å². The Kier molecular flexibility index (Phi) is 13.0. The van der Waals surface area contributed by atoms with Gasteiger partial charge in [-0.25, -0.2) is 0 Å². The van der Waals surface area contributed by atoms with E-state index < -0.39 is 5.97 Å². The zero-order valence-electron chi connectivity index (χ0n) is 21.9. The first-order chi connectivity index (χ1) is 17.1. The molecule has 0 aliphatic carbocycles. The zero-order chi connectivity index (χ0) is 27.1. The van der Waals surface area contributed by atoms with Crippen molar-refractivity contribution >= 4 is 17.7 Å². The van der Waals surface area contributed by atoms with E-state index >= 15 is 0 Å². The first-order valence-corrected chi connectivity index (χ1v) is 11.6. The Hall–Kier alpha value is -4.13. The molecule has 0 unspecified atom stereocenters. The Morgan fingerprint density at radius 1 is 1.06 bits per heavy atom. The molecule has 36 heavy (non-hydrogen) atoms. The number of ether oxygens (including phenoxy) is 2. The van der Waals surface area contributed by atoms with E-state index in [4.69, 9.17) is 15.2 Å². The number of nitrogens with zero attached hydrogens (tertiary/aromatic N) is 2. The summed E-state index contributed by atoms with van der Waals surface area (Å²) < 4.78 is 10.2. The molecule has 7 heteroatoms. The van der Waals surface area contributed by atoms with Crippen molar-refractivity contribution in [1.29, 1.82) is 0 Å². The van der Waals surface area contributed by atoms with Crippen LogP contribution in [0.25, 0.3) is 0 Å². The topological polar surface area (TPSA) is 94.2 Å². The monoisotopic (exact) mass is 491 g/mol. The van der Waals surface area contributed by atoms with Crippen molar-refractivity contribution in [3.63, 3.8) is 0 Å². The highest BCUT2D eigenvalue weighted by atomic mass is 16.6. The number of para-hydroxylation sites is 1. The molecule has 2 rings (SSSR count). The van der Waals surface area contributed by atoms with Crippen LogP contribution in [0.15, 0.2) is 107 Å². The number of carbonyl (C=O) groups is 2. The lowest BCUT2D eigenvalue weighted by Gasteiger charge is -2.28. The first kappa shape index (κ1) is 29.9. The Labute approximate surface area is 214 Å². The molecule has 192 valence electrons.